The van der Waals surface area contributed by atoms with Crippen LogP contribution in [0, 0.1) is 0 Å². The van der Waals surface area contributed by atoms with E-state index >= 15 is 0 Å². The van der Waals surface area contributed by atoms with Crippen molar-refractivity contribution in [3.8, 4) is 0 Å². The van der Waals surface area contributed by atoms with Gasteiger partial charge in [0.1, 0.15) is 0 Å². The summed E-state index contributed by atoms with van der Waals surface area (Å²) >= 11 is 3.05. The molecule has 1 aromatic carbocycles. The topological polar surface area (TPSA) is 72.5 Å². The molecule has 0 aromatic heterocycles. The van der Waals surface area contributed by atoms with Crippen LogP contribution in [-0.4, -0.2) is 28.0 Å². The summed E-state index contributed by atoms with van der Waals surface area (Å²) in [7, 11) is -2.59. The molecule has 0 atom stereocenters. The van der Waals surface area contributed by atoms with Crippen molar-refractivity contribution in [1.29, 1.82) is 0 Å². The molecular weight excluding hydrogens is 322 g/mol. The quantitative estimate of drug-likeness (QED) is 0.832. The highest BCUT2D eigenvalue weighted by Gasteiger charge is 2.22. The van der Waals surface area contributed by atoms with Gasteiger partial charge in [0.25, 0.3) is 0 Å². The molecule has 5 nitrogen and oxygen atoms in total. The van der Waals surface area contributed by atoms with Crippen LogP contribution in [0.5, 0.6) is 0 Å². The number of carbonyl (C=O) groups excluding carboxylic acids is 1. The molecule has 0 saturated carbocycles. The molecule has 0 bridgehead atoms. The summed E-state index contributed by atoms with van der Waals surface area (Å²) in [5.41, 5.74) is -0.00677. The van der Waals surface area contributed by atoms with Crippen molar-refractivity contribution in [2.45, 2.75) is 4.90 Å². The number of sulfonamides is 1. The maximum Gasteiger partial charge on any atom is 0.339 e. The van der Waals surface area contributed by atoms with Crippen LogP contribution in [0.3, 0.4) is 0 Å². The number of ether oxygens (including phenoxy) is 1. The monoisotopic (exact) mass is 333 g/mol. The normalized spacial score (nSPS) is 11.0. The van der Waals surface area contributed by atoms with Gasteiger partial charge in [-0.25, -0.2) is 17.9 Å². The number of benzene rings is 1. The Kier molecular flexibility index (Phi) is 5.06. The largest absolute Gasteiger partial charge is 0.465 e. The number of hydrogen-bond acceptors (Lipinski definition) is 4. The zero-order chi connectivity index (χ0) is 13.8. The highest BCUT2D eigenvalue weighted by molar-refractivity contribution is 9.11. The molecule has 0 amide bonds. The molecule has 0 saturated heterocycles. The zero-order valence-corrected chi connectivity index (χ0v) is 12.0. The predicted molar refractivity (Wildman–Crippen MR) is 71.0 cm³/mol. The fourth-order valence-corrected chi connectivity index (χ4v) is 2.77. The lowest BCUT2D eigenvalue weighted by Crippen LogP contribution is -2.26. The van der Waals surface area contributed by atoms with E-state index in [1.54, 1.807) is 6.07 Å². The summed E-state index contributed by atoms with van der Waals surface area (Å²) in [4.78, 5) is 11.4. The van der Waals surface area contributed by atoms with Crippen molar-refractivity contribution in [3.05, 3.63) is 40.9 Å². The number of carbonyl (C=O) groups is 1. The molecule has 1 N–H and O–H groups in total. The minimum absolute atomic E-state index is 0.00677. The molecule has 0 aliphatic carbocycles. The number of esters is 1. The molecule has 0 unspecified atom stereocenters. The van der Waals surface area contributed by atoms with Gasteiger partial charge in [0.05, 0.1) is 17.6 Å². The molecule has 7 heteroatoms. The lowest BCUT2D eigenvalue weighted by Gasteiger charge is -2.09. The van der Waals surface area contributed by atoms with E-state index in [2.05, 4.69) is 32.0 Å². The third-order valence-corrected chi connectivity index (χ3v) is 3.78. The van der Waals surface area contributed by atoms with Gasteiger partial charge in [-0.2, -0.15) is 0 Å². The Labute approximate surface area is 114 Å². The highest BCUT2D eigenvalue weighted by atomic mass is 79.9. The first-order chi connectivity index (χ1) is 8.38. The standard InChI is InChI=1S/C11H12BrNO4S/c1-8(12)7-13-18(15,16)10-6-4-3-5-9(10)11(14)17-2/h3-6,13H,1,7H2,2H3. The fraction of sp³-hybridized carbons (Fsp3) is 0.182. The van der Waals surface area contributed by atoms with E-state index in [1.807, 2.05) is 0 Å². The maximum atomic E-state index is 12.0. The van der Waals surface area contributed by atoms with E-state index in [9.17, 15) is 13.2 Å². The molecule has 0 radical (unpaired) electrons. The lowest BCUT2D eigenvalue weighted by atomic mass is 10.2. The van der Waals surface area contributed by atoms with Crippen LogP contribution in [0.1, 0.15) is 10.4 Å². The Balaban J connectivity index is 3.16. The SMILES string of the molecule is C=C(Br)CNS(=O)(=O)c1ccccc1C(=O)OC. The minimum Gasteiger partial charge on any atom is -0.465 e. The molecule has 0 heterocycles. The Morgan fingerprint density at radius 2 is 2.06 bits per heavy atom. The van der Waals surface area contributed by atoms with Gasteiger partial charge in [-0.1, -0.05) is 34.6 Å². The van der Waals surface area contributed by atoms with Gasteiger partial charge in [0.15, 0.2) is 0 Å². The second kappa shape index (κ2) is 6.12. The first-order valence-electron chi connectivity index (χ1n) is 4.89. The molecule has 0 spiro atoms. The first kappa shape index (κ1) is 14.9. The second-order valence-electron chi connectivity index (χ2n) is 3.33. The van der Waals surface area contributed by atoms with Crippen LogP contribution < -0.4 is 4.72 Å². The number of halogens is 1. The second-order valence-corrected chi connectivity index (χ2v) is 6.19. The Morgan fingerprint density at radius 3 is 2.61 bits per heavy atom. The van der Waals surface area contributed by atoms with E-state index in [4.69, 9.17) is 0 Å². The molecule has 1 aromatic rings. The average Bonchev–Trinajstić information content (AvgIpc) is 2.35. The first-order valence-corrected chi connectivity index (χ1v) is 7.16. The highest BCUT2D eigenvalue weighted by Crippen LogP contribution is 2.16. The van der Waals surface area contributed by atoms with Crippen LogP contribution in [0.25, 0.3) is 0 Å². The van der Waals surface area contributed by atoms with Crippen LogP contribution in [-0.2, 0) is 14.8 Å². The van der Waals surface area contributed by atoms with Crippen LogP contribution in [0.2, 0.25) is 0 Å². The van der Waals surface area contributed by atoms with E-state index < -0.39 is 16.0 Å². The molecule has 0 fully saturated rings. The Morgan fingerprint density at radius 1 is 1.44 bits per heavy atom. The third-order valence-electron chi connectivity index (χ3n) is 2.04. The third kappa shape index (κ3) is 3.66. The summed E-state index contributed by atoms with van der Waals surface area (Å²) in [6.45, 7) is 3.56. The van der Waals surface area contributed by atoms with Crippen LogP contribution >= 0.6 is 15.9 Å². The average molecular weight is 334 g/mol. The lowest BCUT2D eigenvalue weighted by molar-refractivity contribution is 0.0596. The van der Waals surface area contributed by atoms with Crippen LogP contribution in [0.15, 0.2) is 40.2 Å². The van der Waals surface area contributed by atoms with Gasteiger partial charge in [0.2, 0.25) is 10.0 Å². The zero-order valence-electron chi connectivity index (χ0n) is 9.64. The summed E-state index contributed by atoms with van der Waals surface area (Å²) in [6, 6.07) is 5.83. The van der Waals surface area contributed by atoms with Crippen LogP contribution in [0.4, 0.5) is 0 Å². The predicted octanol–water partition coefficient (Wildman–Crippen LogP) is 1.66. The van der Waals surface area contributed by atoms with Crippen molar-refractivity contribution in [2.24, 2.45) is 0 Å². The number of methoxy groups -OCH3 is 1. The number of rotatable bonds is 5. The summed E-state index contributed by atoms with van der Waals surface area (Å²) in [5, 5.41) is 0. The van der Waals surface area contributed by atoms with Gasteiger partial charge < -0.3 is 4.74 Å². The molecule has 18 heavy (non-hydrogen) atoms. The van der Waals surface area contributed by atoms with Crippen molar-refractivity contribution < 1.29 is 17.9 Å². The van der Waals surface area contributed by atoms with E-state index in [0.717, 1.165) is 0 Å². The van der Waals surface area contributed by atoms with Gasteiger partial charge >= 0.3 is 5.97 Å². The molecule has 0 aliphatic rings. The van der Waals surface area contributed by atoms with E-state index in [-0.39, 0.29) is 17.0 Å². The summed E-state index contributed by atoms with van der Waals surface area (Å²) in [5.74, 6) is -0.700. The van der Waals surface area contributed by atoms with Crippen molar-refractivity contribution in [3.63, 3.8) is 0 Å². The molecule has 1 rings (SSSR count). The van der Waals surface area contributed by atoms with Gasteiger partial charge in [-0.3, -0.25) is 0 Å². The minimum atomic E-state index is -3.78. The van der Waals surface area contributed by atoms with Crippen molar-refractivity contribution in [1.82, 2.24) is 4.72 Å². The Hall–Kier alpha value is -1.18. The van der Waals surface area contributed by atoms with Gasteiger partial charge in [0, 0.05) is 11.0 Å². The summed E-state index contributed by atoms with van der Waals surface area (Å²) < 4.78 is 31.3. The molecule has 98 valence electrons. The van der Waals surface area contributed by atoms with Crippen molar-refractivity contribution >= 4 is 31.9 Å². The number of nitrogens with one attached hydrogen (secondary N) is 1. The van der Waals surface area contributed by atoms with E-state index in [0.29, 0.717) is 4.48 Å². The van der Waals surface area contributed by atoms with Gasteiger partial charge in [-0.15, -0.1) is 0 Å². The fourth-order valence-electron chi connectivity index (χ4n) is 1.23. The van der Waals surface area contributed by atoms with Gasteiger partial charge in [-0.05, 0) is 12.1 Å². The Bertz CT molecular complexity index is 568. The summed E-state index contributed by atoms with van der Waals surface area (Å²) in [6.07, 6.45) is 0. The molecule has 0 aliphatic heterocycles. The van der Waals surface area contributed by atoms with E-state index in [1.165, 1.54) is 25.3 Å². The number of hydrogen-bond donors (Lipinski definition) is 1. The maximum absolute atomic E-state index is 12.0. The van der Waals surface area contributed by atoms with Crippen molar-refractivity contribution in [2.75, 3.05) is 13.7 Å². The molecular formula is C11H12BrNO4S. The smallest absolute Gasteiger partial charge is 0.339 e.